The largest absolute Gasteiger partial charge is 0.399 e. The van der Waals surface area contributed by atoms with Crippen LogP contribution in [0.4, 0.5) is 11.6 Å². The second-order valence-electron chi connectivity index (χ2n) is 4.13. The van der Waals surface area contributed by atoms with E-state index < -0.39 is 0 Å². The Hall–Kier alpha value is -3.09. The molecule has 0 aliphatic heterocycles. The van der Waals surface area contributed by atoms with Crippen molar-refractivity contribution in [3.63, 3.8) is 0 Å². The third kappa shape index (κ3) is 2.37. The minimum absolute atomic E-state index is 0.295. The molecule has 7 nitrogen and oxygen atoms in total. The van der Waals surface area contributed by atoms with E-state index in [4.69, 9.17) is 5.73 Å². The van der Waals surface area contributed by atoms with E-state index in [1.807, 2.05) is 12.1 Å². The summed E-state index contributed by atoms with van der Waals surface area (Å²) in [6, 6.07) is 8.88. The number of anilines is 2. The quantitative estimate of drug-likeness (QED) is 0.625. The molecule has 0 unspecified atom stereocenters. The molecule has 0 bridgehead atoms. The van der Waals surface area contributed by atoms with E-state index in [1.165, 1.54) is 0 Å². The fourth-order valence-corrected chi connectivity index (χ4v) is 1.76. The lowest BCUT2D eigenvalue weighted by molar-refractivity contribution is 0.102. The number of nitrogens with zero attached hydrogens (tertiary/aromatic N) is 3. The molecule has 7 heteroatoms. The fraction of sp³-hybridized carbons (Fsp3) is 0. The van der Waals surface area contributed by atoms with Gasteiger partial charge in [-0.1, -0.05) is 6.07 Å². The van der Waals surface area contributed by atoms with E-state index in [0.29, 0.717) is 17.3 Å². The highest BCUT2D eigenvalue weighted by Crippen LogP contribution is 2.12. The number of hydrogen-bond acceptors (Lipinski definition) is 4. The summed E-state index contributed by atoms with van der Waals surface area (Å²) in [7, 11) is 0. The normalized spacial score (nSPS) is 10.4. The number of benzene rings is 1. The zero-order chi connectivity index (χ0) is 13.9. The van der Waals surface area contributed by atoms with Crippen molar-refractivity contribution < 1.29 is 4.79 Å². The van der Waals surface area contributed by atoms with Gasteiger partial charge in [-0.25, -0.2) is 9.67 Å². The number of aromatic amines is 1. The smallest absolute Gasteiger partial charge is 0.278 e. The van der Waals surface area contributed by atoms with Crippen molar-refractivity contribution >= 4 is 17.5 Å². The average Bonchev–Trinajstić information content (AvgIpc) is 3.09. The Morgan fingerprint density at radius 2 is 2.25 bits per heavy atom. The van der Waals surface area contributed by atoms with E-state index in [1.54, 1.807) is 41.5 Å². The van der Waals surface area contributed by atoms with Crippen LogP contribution in [0.15, 0.2) is 48.9 Å². The third-order valence-corrected chi connectivity index (χ3v) is 2.69. The number of imidazole rings is 1. The molecule has 1 amide bonds. The highest BCUT2D eigenvalue weighted by Gasteiger charge is 2.11. The van der Waals surface area contributed by atoms with Gasteiger partial charge in [-0.2, -0.15) is 5.10 Å². The number of rotatable bonds is 3. The molecule has 0 saturated carbocycles. The van der Waals surface area contributed by atoms with Crippen LogP contribution in [0, 0.1) is 0 Å². The number of aromatic nitrogens is 4. The number of nitrogen functional groups attached to an aromatic ring is 1. The van der Waals surface area contributed by atoms with E-state index in [2.05, 4.69) is 20.4 Å². The summed E-state index contributed by atoms with van der Waals surface area (Å²) in [5, 5.41) is 6.82. The van der Waals surface area contributed by atoms with Crippen LogP contribution in [0.1, 0.15) is 10.5 Å². The van der Waals surface area contributed by atoms with Gasteiger partial charge in [-0.05, 0) is 24.3 Å². The van der Waals surface area contributed by atoms with Crippen LogP contribution >= 0.6 is 0 Å². The molecule has 100 valence electrons. The lowest BCUT2D eigenvalue weighted by Gasteiger charge is -2.02. The minimum atomic E-state index is -0.331. The van der Waals surface area contributed by atoms with Crippen molar-refractivity contribution in [1.82, 2.24) is 19.7 Å². The van der Waals surface area contributed by atoms with Gasteiger partial charge in [0.25, 0.3) is 5.91 Å². The number of hydrogen-bond donors (Lipinski definition) is 3. The predicted molar refractivity (Wildman–Crippen MR) is 74.5 cm³/mol. The number of amides is 1. The summed E-state index contributed by atoms with van der Waals surface area (Å²) < 4.78 is 1.59. The summed E-state index contributed by atoms with van der Waals surface area (Å²) in [5.41, 5.74) is 7.45. The molecule has 0 radical (unpaired) electrons. The Balaban J connectivity index is 1.81. The van der Waals surface area contributed by atoms with E-state index in [0.717, 1.165) is 5.69 Å². The van der Waals surface area contributed by atoms with Crippen molar-refractivity contribution in [2.75, 3.05) is 11.1 Å². The van der Waals surface area contributed by atoms with Crippen LogP contribution in [0.2, 0.25) is 0 Å². The number of nitrogens with two attached hydrogens (primary N) is 1. The molecule has 0 fully saturated rings. The molecule has 0 aliphatic rings. The van der Waals surface area contributed by atoms with Crippen LogP contribution < -0.4 is 11.1 Å². The van der Waals surface area contributed by atoms with Gasteiger partial charge in [-0.3, -0.25) is 10.1 Å². The first kappa shape index (κ1) is 12.0. The Kier molecular flexibility index (Phi) is 2.92. The second-order valence-corrected chi connectivity index (χ2v) is 4.13. The number of H-pyrrole nitrogens is 1. The number of carbonyl (C=O) groups is 1. The monoisotopic (exact) mass is 268 g/mol. The predicted octanol–water partition coefficient (Wildman–Crippen LogP) is 1.43. The van der Waals surface area contributed by atoms with Gasteiger partial charge < -0.3 is 10.7 Å². The highest BCUT2D eigenvalue weighted by molar-refractivity contribution is 6.01. The molecule has 2 aromatic heterocycles. The Morgan fingerprint density at radius 3 is 3.00 bits per heavy atom. The molecule has 0 aliphatic carbocycles. The summed E-state index contributed by atoms with van der Waals surface area (Å²) in [6.45, 7) is 0. The number of nitrogens with one attached hydrogen (secondary N) is 2. The van der Waals surface area contributed by atoms with Crippen LogP contribution in [0.5, 0.6) is 0 Å². The minimum Gasteiger partial charge on any atom is -0.399 e. The van der Waals surface area contributed by atoms with Crippen LogP contribution in [-0.2, 0) is 0 Å². The van der Waals surface area contributed by atoms with Gasteiger partial charge in [0.15, 0.2) is 5.69 Å². The Labute approximate surface area is 114 Å². The van der Waals surface area contributed by atoms with E-state index in [-0.39, 0.29) is 5.91 Å². The van der Waals surface area contributed by atoms with Crippen molar-refractivity contribution in [2.24, 2.45) is 0 Å². The van der Waals surface area contributed by atoms with Gasteiger partial charge >= 0.3 is 0 Å². The lowest BCUT2D eigenvalue weighted by Crippen LogP contribution is -2.14. The van der Waals surface area contributed by atoms with Crippen LogP contribution in [0.3, 0.4) is 0 Å². The topological polar surface area (TPSA) is 102 Å². The molecule has 3 aromatic rings. The Morgan fingerprint density at radius 1 is 1.35 bits per heavy atom. The van der Waals surface area contributed by atoms with E-state index in [9.17, 15) is 4.79 Å². The van der Waals surface area contributed by atoms with Gasteiger partial charge in [0.05, 0.1) is 5.69 Å². The molecule has 0 saturated heterocycles. The lowest BCUT2D eigenvalue weighted by atomic mass is 10.3. The van der Waals surface area contributed by atoms with Crippen molar-refractivity contribution in [2.45, 2.75) is 0 Å². The summed E-state index contributed by atoms with van der Waals surface area (Å²) >= 11 is 0. The van der Waals surface area contributed by atoms with Gasteiger partial charge in [-0.15, -0.1) is 0 Å². The molecule has 20 heavy (non-hydrogen) atoms. The maximum Gasteiger partial charge on any atom is 0.278 e. The number of carbonyl (C=O) groups excluding carboxylic acids is 1. The standard InChI is InChI=1S/C13H12N6O/c14-9-2-1-3-10(8-9)19-7-4-11(18-19)12(20)17-13-15-5-6-16-13/h1-8H,14H2,(H2,15,16,17,20). The maximum atomic E-state index is 12.0. The van der Waals surface area contributed by atoms with Crippen molar-refractivity contribution in [3.05, 3.63) is 54.6 Å². The molecule has 3 rings (SSSR count). The van der Waals surface area contributed by atoms with Crippen LogP contribution in [-0.4, -0.2) is 25.7 Å². The zero-order valence-corrected chi connectivity index (χ0v) is 10.4. The average molecular weight is 268 g/mol. The SMILES string of the molecule is Nc1cccc(-n2ccc(C(=O)Nc3ncc[nH]3)n2)c1. The first-order valence-corrected chi connectivity index (χ1v) is 5.95. The molecule has 0 atom stereocenters. The first-order chi connectivity index (χ1) is 9.72. The summed E-state index contributed by atoms with van der Waals surface area (Å²) in [6.07, 6.45) is 4.88. The second kappa shape index (κ2) is 4.88. The highest BCUT2D eigenvalue weighted by atomic mass is 16.2. The zero-order valence-electron chi connectivity index (χ0n) is 10.4. The molecule has 0 spiro atoms. The third-order valence-electron chi connectivity index (χ3n) is 2.69. The molecular weight excluding hydrogens is 256 g/mol. The summed E-state index contributed by atoms with van der Waals surface area (Å²) in [5.74, 6) is 0.0520. The molecular formula is C13H12N6O. The molecule has 2 heterocycles. The van der Waals surface area contributed by atoms with E-state index >= 15 is 0 Å². The van der Waals surface area contributed by atoms with Gasteiger partial charge in [0.2, 0.25) is 5.95 Å². The first-order valence-electron chi connectivity index (χ1n) is 5.95. The van der Waals surface area contributed by atoms with Crippen molar-refractivity contribution in [1.29, 1.82) is 0 Å². The van der Waals surface area contributed by atoms with Gasteiger partial charge in [0.1, 0.15) is 0 Å². The van der Waals surface area contributed by atoms with Crippen molar-refractivity contribution in [3.8, 4) is 5.69 Å². The molecule has 1 aromatic carbocycles. The summed E-state index contributed by atoms with van der Waals surface area (Å²) in [4.78, 5) is 18.7. The molecule has 4 N–H and O–H groups in total. The van der Waals surface area contributed by atoms with Crippen LogP contribution in [0.25, 0.3) is 5.69 Å². The fourth-order valence-electron chi connectivity index (χ4n) is 1.76. The van der Waals surface area contributed by atoms with Gasteiger partial charge in [0, 0.05) is 24.3 Å². The Bertz CT molecular complexity index is 731. The maximum absolute atomic E-state index is 12.0.